The summed E-state index contributed by atoms with van der Waals surface area (Å²) in [7, 11) is 0. The summed E-state index contributed by atoms with van der Waals surface area (Å²) in [6.07, 6.45) is 1.54. The smallest absolute Gasteiger partial charge is 0.295 e. The average molecular weight is 416 g/mol. The van der Waals surface area contributed by atoms with E-state index in [9.17, 15) is 19.1 Å². The molecular formula is C22H19ClFNO4. The van der Waals surface area contributed by atoms with Gasteiger partial charge in [0.05, 0.1) is 17.7 Å². The average Bonchev–Trinajstić information content (AvgIpc) is 3.31. The standard InChI is InChI=1S/C22H19ClFNO4/c23-15-7-3-13(4-8-15)19-18(20(26)14-5-9-16(24)10-6-14)21(27)22(28)25(19)12-17-2-1-11-29-17/h3-10,17,19,26H,1-2,11-12H2/b20-18+. The van der Waals surface area contributed by atoms with E-state index < -0.39 is 23.5 Å². The van der Waals surface area contributed by atoms with Crippen molar-refractivity contribution in [3.8, 4) is 0 Å². The Kier molecular flexibility index (Phi) is 5.39. The van der Waals surface area contributed by atoms with Crippen LogP contribution in [-0.2, 0) is 14.3 Å². The third kappa shape index (κ3) is 3.78. The molecule has 1 N–H and O–H groups in total. The maximum Gasteiger partial charge on any atom is 0.295 e. The SMILES string of the molecule is O=C1C(=O)N(CC2CCCO2)C(c2ccc(Cl)cc2)/C1=C(\O)c1ccc(F)cc1. The second kappa shape index (κ2) is 7.97. The van der Waals surface area contributed by atoms with Crippen molar-refractivity contribution in [1.29, 1.82) is 0 Å². The van der Waals surface area contributed by atoms with Crippen molar-refractivity contribution in [2.45, 2.75) is 25.0 Å². The van der Waals surface area contributed by atoms with Crippen LogP contribution in [0.15, 0.2) is 54.1 Å². The molecule has 2 unspecified atom stereocenters. The van der Waals surface area contributed by atoms with Crippen LogP contribution in [0, 0.1) is 5.82 Å². The number of halogens is 2. The summed E-state index contributed by atoms with van der Waals surface area (Å²) in [4.78, 5) is 27.1. The van der Waals surface area contributed by atoms with Gasteiger partial charge in [-0.15, -0.1) is 0 Å². The predicted molar refractivity (Wildman–Crippen MR) is 106 cm³/mol. The number of Topliss-reactive ketones (excluding diaryl/α,β-unsaturated/α-hetero) is 1. The first kappa shape index (κ1) is 19.6. The van der Waals surface area contributed by atoms with Gasteiger partial charge in [0.2, 0.25) is 0 Å². The molecule has 2 atom stereocenters. The van der Waals surface area contributed by atoms with Gasteiger partial charge in [0, 0.05) is 23.7 Å². The van der Waals surface area contributed by atoms with Crippen LogP contribution >= 0.6 is 11.6 Å². The molecule has 0 bridgehead atoms. The van der Waals surface area contributed by atoms with Crippen molar-refractivity contribution >= 4 is 29.1 Å². The lowest BCUT2D eigenvalue weighted by Gasteiger charge is -2.27. The summed E-state index contributed by atoms with van der Waals surface area (Å²) >= 11 is 5.99. The zero-order valence-corrected chi connectivity index (χ0v) is 16.2. The first-order valence-corrected chi connectivity index (χ1v) is 9.75. The summed E-state index contributed by atoms with van der Waals surface area (Å²) in [5.74, 6) is -2.26. The third-order valence-corrected chi connectivity index (χ3v) is 5.52. The van der Waals surface area contributed by atoms with Crippen LogP contribution in [0.5, 0.6) is 0 Å². The topological polar surface area (TPSA) is 66.8 Å². The van der Waals surface area contributed by atoms with E-state index >= 15 is 0 Å². The van der Waals surface area contributed by atoms with Crippen LogP contribution in [-0.4, -0.2) is 41.0 Å². The molecule has 5 nitrogen and oxygen atoms in total. The molecule has 0 aromatic heterocycles. The summed E-state index contributed by atoms with van der Waals surface area (Å²) in [5, 5.41) is 11.4. The Bertz CT molecular complexity index is 965. The maximum absolute atomic E-state index is 13.3. The van der Waals surface area contributed by atoms with E-state index in [0.29, 0.717) is 17.2 Å². The lowest BCUT2D eigenvalue weighted by Crippen LogP contribution is -2.36. The predicted octanol–water partition coefficient (Wildman–Crippen LogP) is 4.08. The molecule has 2 aliphatic heterocycles. The Hall–Kier alpha value is -2.70. The van der Waals surface area contributed by atoms with Gasteiger partial charge in [0.1, 0.15) is 11.6 Å². The highest BCUT2D eigenvalue weighted by Crippen LogP contribution is 2.40. The van der Waals surface area contributed by atoms with Crippen LogP contribution in [0.3, 0.4) is 0 Å². The van der Waals surface area contributed by atoms with Crippen LogP contribution in [0.25, 0.3) is 5.76 Å². The Balaban J connectivity index is 1.81. The number of likely N-dealkylation sites (tertiary alicyclic amines) is 1. The van der Waals surface area contributed by atoms with E-state index in [-0.39, 0.29) is 29.5 Å². The minimum absolute atomic E-state index is 0.0260. The van der Waals surface area contributed by atoms with E-state index in [1.54, 1.807) is 24.3 Å². The Labute approximate surface area is 172 Å². The highest BCUT2D eigenvalue weighted by atomic mass is 35.5. The molecule has 150 valence electrons. The number of hydrogen-bond donors (Lipinski definition) is 1. The zero-order chi connectivity index (χ0) is 20.5. The van der Waals surface area contributed by atoms with Crippen molar-refractivity contribution in [2.75, 3.05) is 13.2 Å². The van der Waals surface area contributed by atoms with E-state index in [2.05, 4.69) is 0 Å². The Morgan fingerprint density at radius 1 is 1.14 bits per heavy atom. The lowest BCUT2D eigenvalue weighted by atomic mass is 9.95. The maximum atomic E-state index is 13.3. The fraction of sp³-hybridized carbons (Fsp3) is 0.273. The van der Waals surface area contributed by atoms with E-state index in [1.807, 2.05) is 0 Å². The van der Waals surface area contributed by atoms with Gasteiger partial charge in [-0.1, -0.05) is 23.7 Å². The van der Waals surface area contributed by atoms with E-state index in [1.165, 1.54) is 29.2 Å². The normalized spacial score (nSPS) is 23.7. The second-order valence-electron chi connectivity index (χ2n) is 7.14. The number of hydrogen-bond acceptors (Lipinski definition) is 4. The molecule has 0 saturated carbocycles. The molecule has 0 aliphatic carbocycles. The Morgan fingerprint density at radius 3 is 2.45 bits per heavy atom. The molecule has 4 rings (SSSR count). The molecule has 2 heterocycles. The number of aliphatic hydroxyl groups is 1. The lowest BCUT2D eigenvalue weighted by molar-refractivity contribution is -0.140. The van der Waals surface area contributed by atoms with Crippen molar-refractivity contribution in [3.05, 3.63) is 76.1 Å². The van der Waals surface area contributed by atoms with E-state index in [4.69, 9.17) is 16.3 Å². The number of ether oxygens (including phenoxy) is 1. The molecule has 2 saturated heterocycles. The van der Waals surface area contributed by atoms with Gasteiger partial charge in [0.15, 0.2) is 0 Å². The van der Waals surface area contributed by atoms with E-state index in [0.717, 1.165) is 12.8 Å². The number of carbonyl (C=O) groups is 2. The quantitative estimate of drug-likeness (QED) is 0.464. The minimum atomic E-state index is -0.776. The summed E-state index contributed by atoms with van der Waals surface area (Å²) < 4.78 is 18.9. The van der Waals surface area contributed by atoms with Crippen LogP contribution < -0.4 is 0 Å². The van der Waals surface area contributed by atoms with Crippen LogP contribution in [0.4, 0.5) is 4.39 Å². The number of aliphatic hydroxyl groups excluding tert-OH is 1. The van der Waals surface area contributed by atoms with Crippen LogP contribution in [0.1, 0.15) is 30.0 Å². The molecule has 7 heteroatoms. The number of carbonyl (C=O) groups excluding carboxylic acids is 2. The largest absolute Gasteiger partial charge is 0.507 e. The second-order valence-corrected chi connectivity index (χ2v) is 7.58. The minimum Gasteiger partial charge on any atom is -0.507 e. The zero-order valence-electron chi connectivity index (χ0n) is 15.5. The van der Waals surface area contributed by atoms with Gasteiger partial charge in [-0.2, -0.15) is 0 Å². The molecule has 2 aromatic carbocycles. The van der Waals surface area contributed by atoms with Crippen LogP contribution in [0.2, 0.25) is 5.02 Å². The summed E-state index contributed by atoms with van der Waals surface area (Å²) in [6, 6.07) is 11.1. The molecule has 2 aromatic rings. The number of amides is 1. The monoisotopic (exact) mass is 415 g/mol. The van der Waals surface area contributed by atoms with Crippen molar-refractivity contribution in [2.24, 2.45) is 0 Å². The van der Waals surface area contributed by atoms with Gasteiger partial charge >= 0.3 is 0 Å². The van der Waals surface area contributed by atoms with Crippen molar-refractivity contribution in [1.82, 2.24) is 4.90 Å². The van der Waals surface area contributed by atoms with Gasteiger partial charge in [-0.3, -0.25) is 9.59 Å². The molecule has 0 spiro atoms. The third-order valence-electron chi connectivity index (χ3n) is 5.27. The highest BCUT2D eigenvalue weighted by Gasteiger charge is 2.47. The summed E-state index contributed by atoms with van der Waals surface area (Å²) in [5.41, 5.74) is 0.887. The van der Waals surface area contributed by atoms with Gasteiger partial charge < -0.3 is 14.7 Å². The molecule has 2 fully saturated rings. The molecule has 2 aliphatic rings. The molecule has 0 radical (unpaired) electrons. The fourth-order valence-corrected chi connectivity index (χ4v) is 3.96. The van der Waals surface area contributed by atoms with Crippen molar-refractivity contribution in [3.63, 3.8) is 0 Å². The molecule has 1 amide bonds. The van der Waals surface area contributed by atoms with Crippen molar-refractivity contribution < 1.29 is 23.8 Å². The number of ketones is 1. The first-order chi connectivity index (χ1) is 14.0. The summed E-state index contributed by atoms with van der Waals surface area (Å²) in [6.45, 7) is 0.869. The molecule has 29 heavy (non-hydrogen) atoms. The highest BCUT2D eigenvalue weighted by molar-refractivity contribution is 6.46. The molecular weight excluding hydrogens is 397 g/mol. The Morgan fingerprint density at radius 2 is 1.83 bits per heavy atom. The van der Waals surface area contributed by atoms with Gasteiger partial charge in [-0.25, -0.2) is 4.39 Å². The van der Waals surface area contributed by atoms with Gasteiger partial charge in [-0.05, 0) is 54.8 Å². The van der Waals surface area contributed by atoms with Gasteiger partial charge in [0.25, 0.3) is 11.7 Å². The number of rotatable bonds is 4. The first-order valence-electron chi connectivity index (χ1n) is 9.37. The fourth-order valence-electron chi connectivity index (χ4n) is 3.83. The number of nitrogens with zero attached hydrogens (tertiary/aromatic N) is 1. The number of benzene rings is 2.